The van der Waals surface area contributed by atoms with Crippen molar-refractivity contribution in [3.8, 4) is 0 Å². The molecule has 11 aromatic rings. The summed E-state index contributed by atoms with van der Waals surface area (Å²) >= 11 is 42.6. The van der Waals surface area contributed by atoms with Crippen molar-refractivity contribution < 1.29 is 88.9 Å². The monoisotopic (exact) mass is 1670 g/mol. The maximum atomic E-state index is 13.2. The zero-order valence-electron chi connectivity index (χ0n) is 57.8. The lowest BCUT2D eigenvalue weighted by Crippen LogP contribution is -2.42. The summed E-state index contributed by atoms with van der Waals surface area (Å²) in [4.78, 5) is 98.4. The smallest absolute Gasteiger partial charge is 0.338 e. The molecule has 2 atom stereocenters. The Morgan fingerprint density at radius 3 is 1.40 bits per heavy atom. The lowest BCUT2D eigenvalue weighted by atomic mass is 9.95. The molecule has 572 valence electrons. The Morgan fingerprint density at radius 2 is 0.936 bits per heavy atom. The number of halogens is 7. The van der Waals surface area contributed by atoms with E-state index in [2.05, 4.69) is 10.6 Å². The molecule has 0 unspecified atom stereocenters. The number of furan rings is 3. The molecule has 0 bridgehead atoms. The topological polar surface area (TPSA) is 382 Å². The van der Waals surface area contributed by atoms with E-state index >= 15 is 0 Å². The Morgan fingerprint density at radius 1 is 0.500 bits per heavy atom. The number of hydrogen-bond donors (Lipinski definition) is 7. The highest BCUT2D eigenvalue weighted by Crippen LogP contribution is 2.38. The van der Waals surface area contributed by atoms with Crippen molar-refractivity contribution in [3.05, 3.63) is 266 Å². The highest BCUT2D eigenvalue weighted by molar-refractivity contribution is 7.91. The van der Waals surface area contributed by atoms with Gasteiger partial charge in [-0.1, -0.05) is 106 Å². The number of hydrogen-bond acceptors (Lipinski definition) is 17. The van der Waals surface area contributed by atoms with Gasteiger partial charge in [0.15, 0.2) is 19.7 Å². The van der Waals surface area contributed by atoms with Crippen LogP contribution in [0.2, 0.25) is 30.1 Å². The van der Waals surface area contributed by atoms with Crippen LogP contribution in [-0.2, 0) is 81.0 Å². The Bertz CT molecular complexity index is 5730. The molecule has 14 rings (SSSR count). The van der Waals surface area contributed by atoms with Crippen LogP contribution in [0.5, 0.6) is 0 Å². The van der Waals surface area contributed by atoms with Crippen LogP contribution in [0.4, 0.5) is 0 Å². The van der Waals surface area contributed by atoms with Crippen LogP contribution in [0, 0.1) is 0 Å². The van der Waals surface area contributed by atoms with Crippen LogP contribution in [0.15, 0.2) is 181 Å². The van der Waals surface area contributed by atoms with Crippen molar-refractivity contribution in [1.82, 2.24) is 20.4 Å². The van der Waals surface area contributed by atoms with E-state index < -0.39 is 66.8 Å². The lowest BCUT2D eigenvalue weighted by Gasteiger charge is -2.30. The van der Waals surface area contributed by atoms with Gasteiger partial charge in [-0.3, -0.25) is 24.0 Å². The summed E-state index contributed by atoms with van der Waals surface area (Å²) < 4.78 is 62.2. The average molecular weight is 1680 g/mol. The van der Waals surface area contributed by atoms with Crippen molar-refractivity contribution in [1.29, 1.82) is 0 Å². The largest absolute Gasteiger partial charge is 0.480 e. The molecule has 110 heavy (non-hydrogen) atoms. The van der Waals surface area contributed by atoms with Crippen LogP contribution < -0.4 is 16.4 Å². The zero-order chi connectivity index (χ0) is 79.8. The molecular formula is C77H64Cl7N5O19S2. The van der Waals surface area contributed by atoms with Gasteiger partial charge in [-0.25, -0.2) is 31.2 Å². The first-order chi connectivity index (χ1) is 52.1. The third kappa shape index (κ3) is 19.8. The van der Waals surface area contributed by atoms with Gasteiger partial charge in [0.05, 0.1) is 75.4 Å². The molecule has 8 N–H and O–H groups in total. The molecular weight excluding hydrogens is 1610 g/mol. The van der Waals surface area contributed by atoms with Gasteiger partial charge in [-0.05, 0) is 191 Å². The molecule has 0 aliphatic carbocycles. The quantitative estimate of drug-likeness (QED) is 0.0469. The number of nitrogens with one attached hydrogen (secondary N) is 2. The second kappa shape index (κ2) is 35.5. The minimum Gasteiger partial charge on any atom is -0.480 e. The average Bonchev–Trinajstić information content (AvgIpc) is 0.941. The van der Waals surface area contributed by atoms with E-state index in [9.17, 15) is 65.4 Å². The highest BCUT2D eigenvalue weighted by Gasteiger charge is 2.32. The Hall–Kier alpha value is -9.81. The lowest BCUT2D eigenvalue weighted by molar-refractivity contribution is -0.139. The van der Waals surface area contributed by atoms with E-state index in [0.29, 0.717) is 89.1 Å². The van der Waals surface area contributed by atoms with Crippen LogP contribution in [0.3, 0.4) is 0 Å². The van der Waals surface area contributed by atoms with Crippen LogP contribution >= 0.6 is 81.2 Å². The Balaban J connectivity index is 0.000000159. The number of benzene rings is 8. The molecule has 0 saturated carbocycles. The van der Waals surface area contributed by atoms with Crippen molar-refractivity contribution in [2.45, 2.75) is 73.6 Å². The van der Waals surface area contributed by atoms with Crippen LogP contribution in [0.1, 0.15) is 107 Å². The summed E-state index contributed by atoms with van der Waals surface area (Å²) in [6.07, 6.45) is 8.40. The summed E-state index contributed by atoms with van der Waals surface area (Å²) in [6, 6.07) is 35.5. The third-order valence-corrected chi connectivity index (χ3v) is 22.5. The predicted octanol–water partition coefficient (Wildman–Crippen LogP) is 14.6. The summed E-state index contributed by atoms with van der Waals surface area (Å²) in [5.41, 5.74) is 14.5. The molecule has 33 heteroatoms. The third-order valence-electron chi connectivity index (χ3n) is 17.9. The molecule has 0 fully saturated rings. The fraction of sp³-hybridized carbons (Fsp3) is 0.195. The summed E-state index contributed by atoms with van der Waals surface area (Å²) in [7, 11) is -6.77. The number of sulfone groups is 2. The van der Waals surface area contributed by atoms with Gasteiger partial charge in [0.2, 0.25) is 0 Å². The summed E-state index contributed by atoms with van der Waals surface area (Å²) in [5, 5.41) is 45.4. The van der Waals surface area contributed by atoms with Gasteiger partial charge in [0, 0.05) is 84.5 Å². The molecule has 3 amide bonds. The maximum absolute atomic E-state index is 13.2. The molecule has 6 heterocycles. The molecule has 0 spiro atoms. The fourth-order valence-corrected chi connectivity index (χ4v) is 16.0. The number of rotatable bonds is 15. The maximum Gasteiger partial charge on any atom is 0.338 e. The van der Waals surface area contributed by atoms with Gasteiger partial charge in [0.1, 0.15) is 28.8 Å². The van der Waals surface area contributed by atoms with Crippen molar-refractivity contribution in [3.63, 3.8) is 0 Å². The SMILES string of the molecule is CS(=O)(=O)c1cccc(C[C@H](N)C(=O)O)c1.CS(=O)(=O)c1cccc(C[C@H](NC(=O)c2c(Cl)cc3c(c2Cl)CCN(C(=O)c2ccc4ccoc4c2)C3)C(=O)O)c1.O=C(Cl)c1ccc2occc2c1.O=C(O)c1c(Cl)cc2c(c1Cl)CCN(C(=O)c1ccc3ccoc3c1)C2.O=C(O)c1c(Cl)cc2c(c1Cl)CCNC2. The molecule has 0 saturated heterocycles. The van der Waals surface area contributed by atoms with Crippen molar-refractivity contribution >= 4 is 181 Å². The van der Waals surface area contributed by atoms with Gasteiger partial charge in [-0.15, -0.1) is 0 Å². The van der Waals surface area contributed by atoms with E-state index in [-0.39, 0.29) is 87.8 Å². The van der Waals surface area contributed by atoms with Gasteiger partial charge in [0.25, 0.3) is 23.0 Å². The van der Waals surface area contributed by atoms with E-state index in [4.69, 9.17) is 110 Å². The van der Waals surface area contributed by atoms with Gasteiger partial charge in [-0.2, -0.15) is 0 Å². The van der Waals surface area contributed by atoms with Gasteiger partial charge >= 0.3 is 23.9 Å². The second-order valence-electron chi connectivity index (χ2n) is 25.4. The number of carbonyl (C=O) groups excluding carboxylic acids is 4. The number of carboxylic acid groups (broad SMARTS) is 4. The highest BCUT2D eigenvalue weighted by atomic mass is 35.5. The first-order valence-electron chi connectivity index (χ1n) is 33.0. The first kappa shape index (κ1) is 82.7. The number of nitrogens with two attached hydrogens (primary N) is 1. The number of nitrogens with zero attached hydrogens (tertiary/aromatic N) is 2. The van der Waals surface area contributed by atoms with E-state index in [1.165, 1.54) is 30.3 Å². The van der Waals surface area contributed by atoms with Crippen molar-refractivity contribution in [2.24, 2.45) is 5.73 Å². The number of amides is 3. The molecule has 8 aromatic carbocycles. The van der Waals surface area contributed by atoms with Gasteiger partial charge < -0.3 is 59.8 Å². The van der Waals surface area contributed by atoms with Crippen LogP contribution in [-0.4, -0.2) is 138 Å². The van der Waals surface area contributed by atoms with Crippen LogP contribution in [0.25, 0.3) is 32.9 Å². The van der Waals surface area contributed by atoms with Crippen molar-refractivity contribution in [2.75, 3.05) is 32.1 Å². The Labute approximate surface area is 662 Å². The standard InChI is InChI=1S/C29H24Cl2N2O7S.C19H13Cl2NO4.C10H9Cl2NO2.C10H13NO4S.C9H5ClO2/c1-41(38,39)20-4-2-3-16(11-20)12-23(29(36)37)32-27(34)25-22(30)13-19-15-33(9-7-21(19)26(25)31)28(35)18-6-5-17-8-10-40-24(17)14-18;20-14-7-12-9-22(5-3-13(12)17(21)16(14)19(24)25)18(23)11-2-1-10-4-6-26-15(10)8-11;11-7-3-5-4-13-2-1-6(5)9(12)8(7)10(14)15;1-16(14,15)8-4-2-3-7(5-8)6-9(11)10(12)13;10-9(11)7-1-2-8-6(5-7)3-4-12-8/h2-6,8,10-11,13-14,23H,7,9,12,15H2,1H3,(H,32,34)(H,36,37);1-2,4,6-8H,3,5,9H2,(H,24,25);3,13H,1-2,4H2,(H,14,15);2-5,9H,6,11H2,1H3,(H,12,13);1-5H/t23-;;;9-;/m0..0./s1. The molecule has 3 aromatic heterocycles. The number of aromatic carboxylic acids is 2. The first-order valence-corrected chi connectivity index (χ1v) is 39.5. The molecule has 3 aliphatic heterocycles. The molecule has 24 nitrogen and oxygen atoms in total. The van der Waals surface area contributed by atoms with E-state index in [1.807, 2.05) is 24.3 Å². The van der Waals surface area contributed by atoms with E-state index in [0.717, 1.165) is 69.5 Å². The summed E-state index contributed by atoms with van der Waals surface area (Å²) in [5.74, 6) is -5.74. The number of carbonyl (C=O) groups is 8. The number of fused-ring (bicyclic) bond motifs is 6. The fourth-order valence-electron chi connectivity index (χ4n) is 12.3. The normalized spacial score (nSPS) is 13.5. The number of carboxylic acids is 4. The second-order valence-corrected chi connectivity index (χ2v) is 32.1. The minimum atomic E-state index is -3.50. The number of aliphatic carboxylic acids is 2. The minimum absolute atomic E-state index is 0.0129. The zero-order valence-corrected chi connectivity index (χ0v) is 64.7. The molecule has 0 radical (unpaired) electrons. The Kier molecular flexibility index (Phi) is 26.7. The van der Waals surface area contributed by atoms with E-state index in [1.54, 1.807) is 114 Å². The predicted molar refractivity (Wildman–Crippen MR) is 415 cm³/mol. The molecule has 3 aliphatic rings. The summed E-state index contributed by atoms with van der Waals surface area (Å²) in [6.45, 7) is 2.84.